The van der Waals surface area contributed by atoms with Gasteiger partial charge in [-0.05, 0) is 37.4 Å². The number of para-hydroxylation sites is 1. The minimum atomic E-state index is -0.513. The molecule has 0 spiro atoms. The standard InChI is InChI=1S/C20H22ClFN4OS/c1-25-9-11-26(12-10-25)20(24-15-5-3-2-4-6-15)28-14-19(27)23-16-7-8-18(22)17(21)13-16/h2-8,13H,9-12,14H2,1H3,(H,23,27). The van der Waals surface area contributed by atoms with Gasteiger partial charge in [0.05, 0.1) is 16.5 Å². The first-order chi connectivity index (χ1) is 13.5. The van der Waals surface area contributed by atoms with Gasteiger partial charge in [0.1, 0.15) is 5.82 Å². The van der Waals surface area contributed by atoms with E-state index in [1.54, 1.807) is 0 Å². The molecule has 8 heteroatoms. The number of amides is 1. The number of hydrogen-bond acceptors (Lipinski definition) is 4. The Morgan fingerprint density at radius 1 is 1.18 bits per heavy atom. The maximum absolute atomic E-state index is 13.3. The van der Waals surface area contributed by atoms with Gasteiger partial charge in [0, 0.05) is 31.9 Å². The second-order valence-electron chi connectivity index (χ2n) is 6.49. The summed E-state index contributed by atoms with van der Waals surface area (Å²) >= 11 is 7.16. The summed E-state index contributed by atoms with van der Waals surface area (Å²) in [6.07, 6.45) is 0. The van der Waals surface area contributed by atoms with E-state index >= 15 is 0 Å². The van der Waals surface area contributed by atoms with E-state index in [1.807, 2.05) is 30.3 Å². The number of amidine groups is 1. The lowest BCUT2D eigenvalue weighted by Gasteiger charge is -2.34. The number of thioether (sulfide) groups is 1. The fraction of sp³-hybridized carbons (Fsp3) is 0.300. The maximum atomic E-state index is 13.3. The number of nitrogens with one attached hydrogen (secondary N) is 1. The minimum absolute atomic E-state index is 0.0192. The van der Waals surface area contributed by atoms with Crippen LogP contribution in [0.1, 0.15) is 0 Å². The SMILES string of the molecule is CN1CCN(C(=Nc2ccccc2)SCC(=O)Nc2ccc(F)c(Cl)c2)CC1. The van der Waals surface area contributed by atoms with Gasteiger partial charge in [-0.25, -0.2) is 9.38 Å². The Bertz CT molecular complexity index is 841. The first-order valence-corrected chi connectivity index (χ1v) is 10.3. The summed E-state index contributed by atoms with van der Waals surface area (Å²) in [6.45, 7) is 3.64. The second kappa shape index (κ2) is 9.91. The zero-order valence-corrected chi connectivity index (χ0v) is 17.1. The smallest absolute Gasteiger partial charge is 0.234 e. The molecule has 1 saturated heterocycles. The molecule has 0 saturated carbocycles. The van der Waals surface area contributed by atoms with Crippen molar-refractivity contribution in [2.75, 3.05) is 44.3 Å². The summed E-state index contributed by atoms with van der Waals surface area (Å²) in [4.78, 5) is 21.6. The quantitative estimate of drug-likeness (QED) is 0.598. The zero-order chi connectivity index (χ0) is 19.9. The zero-order valence-electron chi connectivity index (χ0n) is 15.6. The number of aliphatic imine (C=N–C) groups is 1. The van der Waals surface area contributed by atoms with Crippen molar-refractivity contribution in [1.82, 2.24) is 9.80 Å². The molecule has 2 aromatic carbocycles. The predicted molar refractivity (Wildman–Crippen MR) is 115 cm³/mol. The number of nitrogens with zero attached hydrogens (tertiary/aromatic N) is 3. The molecule has 0 unspecified atom stereocenters. The Hall–Kier alpha value is -2.09. The van der Waals surface area contributed by atoms with E-state index in [1.165, 1.54) is 30.0 Å². The third kappa shape index (κ3) is 5.95. The molecule has 5 nitrogen and oxygen atoms in total. The number of hydrogen-bond donors (Lipinski definition) is 1. The Labute approximate surface area is 173 Å². The molecule has 1 amide bonds. The van der Waals surface area contributed by atoms with Crippen molar-refractivity contribution in [2.45, 2.75) is 0 Å². The maximum Gasteiger partial charge on any atom is 0.234 e. The summed E-state index contributed by atoms with van der Waals surface area (Å²) in [5.41, 5.74) is 1.33. The van der Waals surface area contributed by atoms with Gasteiger partial charge < -0.3 is 15.1 Å². The van der Waals surface area contributed by atoms with Crippen LogP contribution in [0.5, 0.6) is 0 Å². The first kappa shape index (κ1) is 20.6. The van der Waals surface area contributed by atoms with Gasteiger partial charge in [-0.2, -0.15) is 0 Å². The van der Waals surface area contributed by atoms with Crippen molar-refractivity contribution in [3.05, 3.63) is 59.4 Å². The predicted octanol–water partition coefficient (Wildman–Crippen LogP) is 4.09. The molecule has 1 aliphatic rings. The van der Waals surface area contributed by atoms with Gasteiger partial charge in [-0.3, -0.25) is 4.79 Å². The number of halogens is 2. The van der Waals surface area contributed by atoms with Crippen LogP contribution in [0.4, 0.5) is 15.8 Å². The van der Waals surface area contributed by atoms with Gasteiger partial charge in [-0.1, -0.05) is 41.6 Å². The van der Waals surface area contributed by atoms with Crippen LogP contribution in [-0.2, 0) is 4.79 Å². The molecule has 28 heavy (non-hydrogen) atoms. The monoisotopic (exact) mass is 420 g/mol. The third-order valence-electron chi connectivity index (χ3n) is 4.29. The van der Waals surface area contributed by atoms with Gasteiger partial charge in [0.15, 0.2) is 5.17 Å². The molecular formula is C20H22ClFN4OS. The Morgan fingerprint density at radius 3 is 2.57 bits per heavy atom. The lowest BCUT2D eigenvalue weighted by molar-refractivity contribution is -0.113. The molecule has 3 rings (SSSR count). The van der Waals surface area contributed by atoms with Gasteiger partial charge in [0.25, 0.3) is 0 Å². The summed E-state index contributed by atoms with van der Waals surface area (Å²) in [5.74, 6) is -0.503. The fourth-order valence-corrected chi connectivity index (χ4v) is 3.75. The molecule has 2 aromatic rings. The summed E-state index contributed by atoms with van der Waals surface area (Å²) in [5, 5.41) is 3.55. The van der Waals surface area contributed by atoms with E-state index in [-0.39, 0.29) is 16.7 Å². The minimum Gasteiger partial charge on any atom is -0.349 e. The van der Waals surface area contributed by atoms with Crippen LogP contribution in [0.2, 0.25) is 5.02 Å². The summed E-state index contributed by atoms with van der Waals surface area (Å²) in [6, 6.07) is 13.8. The molecule has 148 valence electrons. The van der Waals surface area contributed by atoms with Crippen molar-refractivity contribution in [1.29, 1.82) is 0 Å². The van der Waals surface area contributed by atoms with Gasteiger partial charge >= 0.3 is 0 Å². The number of anilines is 1. The Morgan fingerprint density at radius 2 is 1.89 bits per heavy atom. The average Bonchev–Trinajstić information content (AvgIpc) is 2.69. The fourth-order valence-electron chi connectivity index (χ4n) is 2.71. The van der Waals surface area contributed by atoms with Crippen LogP contribution in [0.3, 0.4) is 0 Å². The lowest BCUT2D eigenvalue weighted by atomic mass is 10.3. The van der Waals surface area contributed by atoms with Crippen LogP contribution in [0, 0.1) is 5.82 Å². The largest absolute Gasteiger partial charge is 0.349 e. The van der Waals surface area contributed by atoms with E-state index in [4.69, 9.17) is 16.6 Å². The number of carbonyl (C=O) groups excluding carboxylic acids is 1. The highest BCUT2D eigenvalue weighted by atomic mass is 35.5. The number of carbonyl (C=O) groups is 1. The molecule has 1 fully saturated rings. The highest BCUT2D eigenvalue weighted by Crippen LogP contribution is 2.21. The van der Waals surface area contributed by atoms with E-state index in [9.17, 15) is 9.18 Å². The van der Waals surface area contributed by atoms with Crippen LogP contribution in [-0.4, -0.2) is 59.9 Å². The average molecular weight is 421 g/mol. The van der Waals surface area contributed by atoms with E-state index in [0.717, 1.165) is 37.0 Å². The van der Waals surface area contributed by atoms with Crippen LogP contribution in [0.15, 0.2) is 53.5 Å². The van der Waals surface area contributed by atoms with Gasteiger partial charge in [-0.15, -0.1) is 0 Å². The molecule has 0 atom stereocenters. The molecule has 0 aliphatic carbocycles. The molecule has 1 N–H and O–H groups in total. The van der Waals surface area contributed by atoms with Crippen molar-refractivity contribution in [3.63, 3.8) is 0 Å². The van der Waals surface area contributed by atoms with Crippen molar-refractivity contribution >= 4 is 45.8 Å². The number of piperazine rings is 1. The molecule has 1 aliphatic heterocycles. The van der Waals surface area contributed by atoms with Crippen molar-refractivity contribution in [3.8, 4) is 0 Å². The third-order valence-corrected chi connectivity index (χ3v) is 5.59. The van der Waals surface area contributed by atoms with E-state index < -0.39 is 5.82 Å². The highest BCUT2D eigenvalue weighted by Gasteiger charge is 2.19. The van der Waals surface area contributed by atoms with Gasteiger partial charge in [0.2, 0.25) is 5.91 Å². The number of rotatable bonds is 4. The van der Waals surface area contributed by atoms with Crippen LogP contribution in [0.25, 0.3) is 0 Å². The number of benzene rings is 2. The first-order valence-electron chi connectivity index (χ1n) is 8.96. The molecule has 1 heterocycles. The van der Waals surface area contributed by atoms with E-state index in [0.29, 0.717) is 5.69 Å². The Kier molecular flexibility index (Phi) is 7.30. The van der Waals surface area contributed by atoms with Crippen LogP contribution >= 0.6 is 23.4 Å². The Balaban J connectivity index is 1.66. The van der Waals surface area contributed by atoms with E-state index in [2.05, 4.69) is 22.2 Å². The lowest BCUT2D eigenvalue weighted by Crippen LogP contribution is -2.46. The molecular weight excluding hydrogens is 399 g/mol. The van der Waals surface area contributed by atoms with Crippen molar-refractivity contribution in [2.24, 2.45) is 4.99 Å². The number of likely N-dealkylation sites (N-methyl/N-ethyl adjacent to an activating group) is 1. The summed E-state index contributed by atoms with van der Waals surface area (Å²) < 4.78 is 13.3. The van der Waals surface area contributed by atoms with Crippen LogP contribution < -0.4 is 5.32 Å². The van der Waals surface area contributed by atoms with Crippen molar-refractivity contribution < 1.29 is 9.18 Å². The normalized spacial score (nSPS) is 15.5. The summed E-state index contributed by atoms with van der Waals surface area (Å²) in [7, 11) is 2.10. The second-order valence-corrected chi connectivity index (χ2v) is 7.84. The molecule has 0 radical (unpaired) electrons. The topological polar surface area (TPSA) is 47.9 Å². The molecule has 0 bridgehead atoms. The molecule has 0 aromatic heterocycles. The highest BCUT2D eigenvalue weighted by molar-refractivity contribution is 8.14.